The van der Waals surface area contributed by atoms with Crippen molar-refractivity contribution in [2.75, 3.05) is 6.54 Å². The van der Waals surface area contributed by atoms with Crippen molar-refractivity contribution in [3.63, 3.8) is 0 Å². The molecule has 0 fully saturated rings. The number of rotatable bonds is 5. The molecule has 0 amide bonds. The molecule has 0 saturated heterocycles. The molecule has 0 aliphatic heterocycles. The summed E-state index contributed by atoms with van der Waals surface area (Å²) in [7, 11) is 0. The first-order valence-corrected chi connectivity index (χ1v) is 4.13. The summed E-state index contributed by atoms with van der Waals surface area (Å²) in [6.07, 6.45) is 1.90. The molecule has 62 valence electrons. The van der Waals surface area contributed by atoms with Gasteiger partial charge in [-0.05, 0) is 26.3 Å². The van der Waals surface area contributed by atoms with Gasteiger partial charge in [-0.2, -0.15) is 0 Å². The number of hydrogen-bond donors (Lipinski definition) is 2. The van der Waals surface area contributed by atoms with Gasteiger partial charge in [0.15, 0.2) is 0 Å². The van der Waals surface area contributed by atoms with Crippen LogP contribution in [0.1, 0.15) is 33.6 Å². The molecule has 0 spiro atoms. The molecule has 2 nitrogen and oxygen atoms in total. The van der Waals surface area contributed by atoms with E-state index in [0.717, 1.165) is 19.4 Å². The summed E-state index contributed by atoms with van der Waals surface area (Å²) in [5.74, 6) is 0. The Kier molecular flexibility index (Phi) is 5.64. The molecule has 0 aliphatic rings. The molecule has 0 aliphatic carbocycles. The maximum Gasteiger partial charge on any atom is 0.0664 e. The second-order valence-electron chi connectivity index (χ2n) is 2.71. The summed E-state index contributed by atoms with van der Waals surface area (Å²) in [4.78, 5) is 0. The highest BCUT2D eigenvalue weighted by molar-refractivity contribution is 4.69. The van der Waals surface area contributed by atoms with Gasteiger partial charge in [0.1, 0.15) is 0 Å². The highest BCUT2D eigenvalue weighted by Crippen LogP contribution is 1.96. The molecule has 0 bridgehead atoms. The number of aliphatic hydroxyl groups is 1. The van der Waals surface area contributed by atoms with Gasteiger partial charge in [0.2, 0.25) is 0 Å². The minimum Gasteiger partial charge on any atom is -0.392 e. The third-order valence-electron chi connectivity index (χ3n) is 1.68. The molecule has 0 heterocycles. The molecule has 2 N–H and O–H groups in total. The van der Waals surface area contributed by atoms with Crippen molar-refractivity contribution < 1.29 is 5.11 Å². The van der Waals surface area contributed by atoms with E-state index in [4.69, 9.17) is 0 Å². The highest BCUT2D eigenvalue weighted by Gasteiger charge is 2.09. The molecule has 0 radical (unpaired) electrons. The lowest BCUT2D eigenvalue weighted by Crippen LogP contribution is -2.37. The quantitative estimate of drug-likeness (QED) is 0.608. The lowest BCUT2D eigenvalue weighted by atomic mass is 10.1. The van der Waals surface area contributed by atoms with Crippen LogP contribution < -0.4 is 5.32 Å². The number of hydrogen-bond acceptors (Lipinski definition) is 2. The summed E-state index contributed by atoms with van der Waals surface area (Å²) in [5, 5.41) is 12.4. The van der Waals surface area contributed by atoms with Crippen molar-refractivity contribution in [2.24, 2.45) is 0 Å². The summed E-state index contributed by atoms with van der Waals surface area (Å²) in [6, 6.07) is 0.278. The summed E-state index contributed by atoms with van der Waals surface area (Å²) in [6.45, 7) is 7.04. The van der Waals surface area contributed by atoms with E-state index < -0.39 is 0 Å². The lowest BCUT2D eigenvalue weighted by molar-refractivity contribution is 0.143. The second-order valence-corrected chi connectivity index (χ2v) is 2.71. The maximum atomic E-state index is 9.18. The van der Waals surface area contributed by atoms with E-state index in [0.29, 0.717) is 0 Å². The van der Waals surface area contributed by atoms with E-state index in [-0.39, 0.29) is 12.1 Å². The molecule has 0 rings (SSSR count). The van der Waals surface area contributed by atoms with E-state index in [1.807, 2.05) is 6.92 Å². The molecular formula is C8H19NO. The zero-order valence-electron chi connectivity index (χ0n) is 7.22. The topological polar surface area (TPSA) is 32.3 Å². The predicted octanol–water partition coefficient (Wildman–Crippen LogP) is 1.15. The Morgan fingerprint density at radius 3 is 2.30 bits per heavy atom. The van der Waals surface area contributed by atoms with Crippen LogP contribution in [0, 0.1) is 0 Å². The van der Waals surface area contributed by atoms with Gasteiger partial charge in [0.25, 0.3) is 0 Å². The minimum atomic E-state index is -0.225. The smallest absolute Gasteiger partial charge is 0.0664 e. The van der Waals surface area contributed by atoms with Crippen LogP contribution >= 0.6 is 0 Å². The Morgan fingerprint density at radius 2 is 2.00 bits per heavy atom. The highest BCUT2D eigenvalue weighted by atomic mass is 16.3. The Balaban J connectivity index is 3.40. The van der Waals surface area contributed by atoms with Gasteiger partial charge in [-0.1, -0.05) is 13.8 Å². The third-order valence-corrected chi connectivity index (χ3v) is 1.68. The van der Waals surface area contributed by atoms with Crippen LogP contribution in [0.25, 0.3) is 0 Å². The van der Waals surface area contributed by atoms with Crippen molar-refractivity contribution in [3.8, 4) is 0 Å². The molecule has 10 heavy (non-hydrogen) atoms. The van der Waals surface area contributed by atoms with Crippen molar-refractivity contribution in [1.82, 2.24) is 5.32 Å². The average Bonchev–Trinajstić information content (AvgIpc) is 1.89. The van der Waals surface area contributed by atoms with Crippen LogP contribution in [0.2, 0.25) is 0 Å². The van der Waals surface area contributed by atoms with Gasteiger partial charge in [-0.25, -0.2) is 0 Å². The predicted molar refractivity (Wildman–Crippen MR) is 44.1 cm³/mol. The van der Waals surface area contributed by atoms with Crippen molar-refractivity contribution >= 4 is 0 Å². The van der Waals surface area contributed by atoms with Crippen LogP contribution in [-0.4, -0.2) is 23.8 Å². The van der Waals surface area contributed by atoms with Crippen LogP contribution in [0.5, 0.6) is 0 Å². The fourth-order valence-electron chi connectivity index (χ4n) is 0.986. The first-order chi connectivity index (χ1) is 4.72. The average molecular weight is 145 g/mol. The largest absolute Gasteiger partial charge is 0.392 e. The molecular weight excluding hydrogens is 126 g/mol. The summed E-state index contributed by atoms with van der Waals surface area (Å²) >= 11 is 0. The molecule has 0 aromatic carbocycles. The standard InChI is InChI=1S/C8H19NO/c1-4-6-9-8(5-2)7(3)10/h7-10H,4-6H2,1-3H3. The second kappa shape index (κ2) is 5.69. The fraction of sp³-hybridized carbons (Fsp3) is 1.00. The van der Waals surface area contributed by atoms with E-state index in [9.17, 15) is 5.11 Å². The van der Waals surface area contributed by atoms with Crippen LogP contribution in [0.3, 0.4) is 0 Å². The van der Waals surface area contributed by atoms with Gasteiger partial charge in [-0.3, -0.25) is 0 Å². The van der Waals surface area contributed by atoms with Crippen LogP contribution in [0.4, 0.5) is 0 Å². The van der Waals surface area contributed by atoms with E-state index >= 15 is 0 Å². The molecule has 2 atom stereocenters. The SMILES string of the molecule is CCCNC(CC)C(C)O. The van der Waals surface area contributed by atoms with Crippen molar-refractivity contribution in [3.05, 3.63) is 0 Å². The van der Waals surface area contributed by atoms with Crippen molar-refractivity contribution in [2.45, 2.75) is 45.8 Å². The lowest BCUT2D eigenvalue weighted by Gasteiger charge is -2.18. The van der Waals surface area contributed by atoms with E-state index in [1.165, 1.54) is 0 Å². The Bertz CT molecular complexity index is 73.7. The summed E-state index contributed by atoms with van der Waals surface area (Å²) in [5.41, 5.74) is 0. The zero-order chi connectivity index (χ0) is 7.98. The Hall–Kier alpha value is -0.0800. The first-order valence-electron chi connectivity index (χ1n) is 4.13. The van der Waals surface area contributed by atoms with Crippen molar-refractivity contribution in [1.29, 1.82) is 0 Å². The molecule has 2 heteroatoms. The van der Waals surface area contributed by atoms with E-state index in [2.05, 4.69) is 19.2 Å². The zero-order valence-corrected chi connectivity index (χ0v) is 7.22. The van der Waals surface area contributed by atoms with E-state index in [1.54, 1.807) is 0 Å². The van der Waals surface area contributed by atoms with Gasteiger partial charge < -0.3 is 10.4 Å². The van der Waals surface area contributed by atoms with Gasteiger partial charge >= 0.3 is 0 Å². The van der Waals surface area contributed by atoms with Gasteiger partial charge in [0, 0.05) is 6.04 Å². The van der Waals surface area contributed by atoms with Gasteiger partial charge in [0.05, 0.1) is 6.10 Å². The Labute approximate surface area is 63.6 Å². The molecule has 0 saturated carbocycles. The molecule has 0 aromatic rings. The monoisotopic (exact) mass is 145 g/mol. The Morgan fingerprint density at radius 1 is 1.40 bits per heavy atom. The number of aliphatic hydroxyl groups excluding tert-OH is 1. The minimum absolute atomic E-state index is 0.225. The van der Waals surface area contributed by atoms with Crippen LogP contribution in [0.15, 0.2) is 0 Å². The molecule has 2 unspecified atom stereocenters. The third kappa shape index (κ3) is 3.85. The first kappa shape index (κ1) is 9.92. The van der Waals surface area contributed by atoms with Crippen LogP contribution in [-0.2, 0) is 0 Å². The fourth-order valence-corrected chi connectivity index (χ4v) is 0.986. The summed E-state index contributed by atoms with van der Waals surface area (Å²) < 4.78 is 0. The van der Waals surface area contributed by atoms with Gasteiger partial charge in [-0.15, -0.1) is 0 Å². The maximum absolute atomic E-state index is 9.18. The normalized spacial score (nSPS) is 16.8. The number of nitrogens with one attached hydrogen (secondary N) is 1. The molecule has 0 aromatic heterocycles.